The fourth-order valence-electron chi connectivity index (χ4n) is 2.00. The average molecular weight is 299 g/mol. The molecule has 22 heavy (non-hydrogen) atoms. The average Bonchev–Trinajstić information content (AvgIpc) is 2.52. The summed E-state index contributed by atoms with van der Waals surface area (Å²) in [4.78, 5) is 11.8. The van der Waals surface area contributed by atoms with Crippen LogP contribution in [-0.2, 0) is 11.3 Å². The molecule has 2 rings (SSSR count). The van der Waals surface area contributed by atoms with Crippen molar-refractivity contribution in [3.05, 3.63) is 71.0 Å². The van der Waals surface area contributed by atoms with E-state index in [0.717, 1.165) is 16.7 Å². The Kier molecular flexibility index (Phi) is 5.31. The normalized spacial score (nSPS) is 10.7. The van der Waals surface area contributed by atoms with Crippen LogP contribution in [0.2, 0.25) is 0 Å². The highest BCUT2D eigenvalue weighted by Crippen LogP contribution is 2.20. The van der Waals surface area contributed by atoms with E-state index in [0.29, 0.717) is 12.3 Å². The lowest BCUT2D eigenvalue weighted by Gasteiger charge is -2.06. The van der Waals surface area contributed by atoms with Crippen LogP contribution in [0.25, 0.3) is 6.08 Å². The van der Waals surface area contributed by atoms with Gasteiger partial charge in [-0.05, 0) is 42.8 Å². The molecule has 0 radical (unpaired) electrons. The topological polar surface area (TPSA) is 38.3 Å². The maximum Gasteiger partial charge on any atom is 0.244 e. The number of hydrogen-bond donors (Lipinski definition) is 1. The van der Waals surface area contributed by atoms with Crippen LogP contribution in [0.15, 0.2) is 48.5 Å². The Bertz CT molecular complexity index is 678. The van der Waals surface area contributed by atoms with E-state index in [2.05, 4.69) is 5.32 Å². The molecule has 4 heteroatoms. The van der Waals surface area contributed by atoms with Gasteiger partial charge in [-0.2, -0.15) is 0 Å². The molecule has 0 aliphatic carbocycles. The summed E-state index contributed by atoms with van der Waals surface area (Å²) < 4.78 is 18.0. The van der Waals surface area contributed by atoms with Gasteiger partial charge in [0.25, 0.3) is 0 Å². The van der Waals surface area contributed by atoms with Gasteiger partial charge < -0.3 is 10.1 Å². The first kappa shape index (κ1) is 15.8. The third-order valence-corrected chi connectivity index (χ3v) is 3.18. The second-order valence-corrected chi connectivity index (χ2v) is 4.92. The van der Waals surface area contributed by atoms with E-state index in [-0.39, 0.29) is 11.7 Å². The predicted octanol–water partition coefficient (Wildman–Crippen LogP) is 3.47. The molecule has 114 valence electrons. The smallest absolute Gasteiger partial charge is 0.244 e. The van der Waals surface area contributed by atoms with Crippen molar-refractivity contribution in [2.24, 2.45) is 0 Å². The van der Waals surface area contributed by atoms with Gasteiger partial charge in [0.05, 0.1) is 7.11 Å². The van der Waals surface area contributed by atoms with Gasteiger partial charge in [-0.15, -0.1) is 0 Å². The summed E-state index contributed by atoms with van der Waals surface area (Å²) in [6, 6.07) is 11.8. The lowest BCUT2D eigenvalue weighted by molar-refractivity contribution is -0.116. The minimum Gasteiger partial charge on any atom is -0.496 e. The molecule has 2 aromatic rings. The van der Waals surface area contributed by atoms with Crippen molar-refractivity contribution >= 4 is 12.0 Å². The highest BCUT2D eigenvalue weighted by atomic mass is 19.1. The molecule has 2 aromatic carbocycles. The molecule has 0 bridgehead atoms. The third kappa shape index (κ3) is 4.45. The number of hydrogen-bond acceptors (Lipinski definition) is 2. The van der Waals surface area contributed by atoms with Gasteiger partial charge in [0.2, 0.25) is 5.91 Å². The molecule has 0 fully saturated rings. The zero-order valence-corrected chi connectivity index (χ0v) is 12.6. The molecule has 0 saturated heterocycles. The summed E-state index contributed by atoms with van der Waals surface area (Å²) in [6.45, 7) is 2.33. The number of benzene rings is 2. The molecule has 0 unspecified atom stereocenters. The minimum absolute atomic E-state index is 0.215. The molecule has 0 heterocycles. The lowest BCUT2D eigenvalue weighted by Crippen LogP contribution is -2.20. The first-order valence-electron chi connectivity index (χ1n) is 6.93. The van der Waals surface area contributed by atoms with E-state index in [1.54, 1.807) is 25.3 Å². The third-order valence-electron chi connectivity index (χ3n) is 3.18. The first-order valence-corrected chi connectivity index (χ1v) is 6.93. The molecule has 0 aliphatic heterocycles. The quantitative estimate of drug-likeness (QED) is 0.859. The largest absolute Gasteiger partial charge is 0.496 e. The maximum absolute atomic E-state index is 12.8. The monoisotopic (exact) mass is 299 g/mol. The zero-order valence-electron chi connectivity index (χ0n) is 12.6. The molecule has 0 spiro atoms. The van der Waals surface area contributed by atoms with Crippen molar-refractivity contribution in [3.8, 4) is 5.75 Å². The summed E-state index contributed by atoms with van der Waals surface area (Å²) >= 11 is 0. The van der Waals surface area contributed by atoms with E-state index in [9.17, 15) is 9.18 Å². The fourth-order valence-corrected chi connectivity index (χ4v) is 2.00. The standard InChI is InChI=1S/C18H18FNO2/c1-13-3-9-17(22-2)15(11-13)6-10-18(21)20-12-14-4-7-16(19)8-5-14/h3-11H,12H2,1-2H3,(H,20,21). The highest BCUT2D eigenvalue weighted by Gasteiger charge is 2.01. The van der Waals surface area contributed by atoms with Gasteiger partial charge >= 0.3 is 0 Å². The maximum atomic E-state index is 12.8. The molecule has 0 saturated carbocycles. The molecular weight excluding hydrogens is 281 g/mol. The van der Waals surface area contributed by atoms with Crippen molar-refractivity contribution < 1.29 is 13.9 Å². The molecule has 1 N–H and O–H groups in total. The van der Waals surface area contributed by atoms with Crippen molar-refractivity contribution in [1.29, 1.82) is 0 Å². The summed E-state index contributed by atoms with van der Waals surface area (Å²) in [5.41, 5.74) is 2.78. The fraction of sp³-hybridized carbons (Fsp3) is 0.167. The van der Waals surface area contributed by atoms with E-state index < -0.39 is 0 Å². The van der Waals surface area contributed by atoms with E-state index >= 15 is 0 Å². The van der Waals surface area contributed by atoms with Gasteiger partial charge in [-0.1, -0.05) is 23.8 Å². The Hall–Kier alpha value is -2.62. The van der Waals surface area contributed by atoms with Crippen LogP contribution in [0, 0.1) is 12.7 Å². The van der Waals surface area contributed by atoms with Crippen LogP contribution in [0.4, 0.5) is 4.39 Å². The van der Waals surface area contributed by atoms with E-state index in [4.69, 9.17) is 4.74 Å². The van der Waals surface area contributed by atoms with Gasteiger partial charge in [0.1, 0.15) is 11.6 Å². The number of aryl methyl sites for hydroxylation is 1. The summed E-state index contributed by atoms with van der Waals surface area (Å²) in [5, 5.41) is 2.75. The number of methoxy groups -OCH3 is 1. The van der Waals surface area contributed by atoms with Crippen LogP contribution in [0.1, 0.15) is 16.7 Å². The van der Waals surface area contributed by atoms with Crippen LogP contribution in [-0.4, -0.2) is 13.0 Å². The minimum atomic E-state index is -0.290. The first-order chi connectivity index (χ1) is 10.6. The lowest BCUT2D eigenvalue weighted by atomic mass is 10.1. The Balaban J connectivity index is 1.96. The van der Waals surface area contributed by atoms with Crippen LogP contribution >= 0.6 is 0 Å². The number of carbonyl (C=O) groups is 1. The van der Waals surface area contributed by atoms with Gasteiger partial charge in [0, 0.05) is 18.2 Å². The van der Waals surface area contributed by atoms with Gasteiger partial charge in [0.15, 0.2) is 0 Å². The Labute approximate surface area is 129 Å². The number of halogens is 1. The SMILES string of the molecule is COc1ccc(C)cc1C=CC(=O)NCc1ccc(F)cc1. The van der Waals surface area contributed by atoms with Crippen molar-refractivity contribution in [2.75, 3.05) is 7.11 Å². The Morgan fingerprint density at radius 2 is 1.95 bits per heavy atom. The molecule has 0 aliphatic rings. The van der Waals surface area contributed by atoms with E-state index in [1.165, 1.54) is 18.2 Å². The molecule has 0 aromatic heterocycles. The Morgan fingerprint density at radius 3 is 2.64 bits per heavy atom. The molecule has 0 atom stereocenters. The zero-order chi connectivity index (χ0) is 15.9. The number of carbonyl (C=O) groups excluding carboxylic acids is 1. The van der Waals surface area contributed by atoms with E-state index in [1.807, 2.05) is 25.1 Å². The van der Waals surface area contributed by atoms with Gasteiger partial charge in [-0.3, -0.25) is 4.79 Å². The second-order valence-electron chi connectivity index (χ2n) is 4.92. The summed E-state index contributed by atoms with van der Waals surface area (Å²) in [7, 11) is 1.59. The number of nitrogens with one attached hydrogen (secondary N) is 1. The summed E-state index contributed by atoms with van der Waals surface area (Å²) in [5.74, 6) is 0.211. The molecule has 3 nitrogen and oxygen atoms in total. The van der Waals surface area contributed by atoms with Crippen LogP contribution < -0.4 is 10.1 Å². The highest BCUT2D eigenvalue weighted by molar-refractivity contribution is 5.92. The Morgan fingerprint density at radius 1 is 1.23 bits per heavy atom. The summed E-state index contributed by atoms with van der Waals surface area (Å²) in [6.07, 6.45) is 3.17. The van der Waals surface area contributed by atoms with Gasteiger partial charge in [-0.25, -0.2) is 4.39 Å². The van der Waals surface area contributed by atoms with Crippen LogP contribution in [0.5, 0.6) is 5.75 Å². The van der Waals surface area contributed by atoms with Crippen molar-refractivity contribution in [2.45, 2.75) is 13.5 Å². The van der Waals surface area contributed by atoms with Crippen molar-refractivity contribution in [1.82, 2.24) is 5.32 Å². The number of ether oxygens (including phenoxy) is 1. The van der Waals surface area contributed by atoms with Crippen molar-refractivity contribution in [3.63, 3.8) is 0 Å². The molecule has 1 amide bonds. The number of rotatable bonds is 5. The number of amides is 1. The predicted molar refractivity (Wildman–Crippen MR) is 85.0 cm³/mol. The molecular formula is C18H18FNO2. The van der Waals surface area contributed by atoms with Crippen LogP contribution in [0.3, 0.4) is 0 Å². The second kappa shape index (κ2) is 7.41.